The predicted octanol–water partition coefficient (Wildman–Crippen LogP) is 2.04. The molecule has 0 N–H and O–H groups in total. The molecule has 0 amide bonds. The number of aliphatic imine (C=N–C) groups is 2. The minimum absolute atomic E-state index is 0.373. The third-order valence-corrected chi connectivity index (χ3v) is 3.07. The van der Waals surface area contributed by atoms with Crippen LogP contribution >= 0.6 is 0 Å². The van der Waals surface area contributed by atoms with Gasteiger partial charge in [0.2, 0.25) is 0 Å². The molecule has 2 rings (SSSR count). The fraction of sp³-hybridized carbons (Fsp3) is 0.833. The maximum Gasteiger partial charge on any atom is 0.186 e. The van der Waals surface area contributed by atoms with E-state index in [1.165, 1.54) is 0 Å². The smallest absolute Gasteiger partial charge is 0.186 e. The van der Waals surface area contributed by atoms with Crippen molar-refractivity contribution in [1.29, 1.82) is 0 Å². The van der Waals surface area contributed by atoms with Crippen LogP contribution in [-0.4, -0.2) is 37.6 Å². The van der Waals surface area contributed by atoms with Crippen molar-refractivity contribution in [2.24, 2.45) is 15.9 Å². The van der Waals surface area contributed by atoms with Gasteiger partial charge in [0.25, 0.3) is 0 Å². The first kappa shape index (κ1) is 11.4. The highest BCUT2D eigenvalue weighted by molar-refractivity contribution is 5.81. The normalized spacial score (nSPS) is 25.8. The minimum Gasteiger partial charge on any atom is -0.479 e. The van der Waals surface area contributed by atoms with Crippen LogP contribution in [0.4, 0.5) is 0 Å². The average molecular weight is 224 g/mol. The number of hydrogen-bond donors (Lipinski definition) is 0. The summed E-state index contributed by atoms with van der Waals surface area (Å²) < 4.78 is 11.0. The molecule has 0 bridgehead atoms. The highest BCUT2D eigenvalue weighted by atomic mass is 16.5. The summed E-state index contributed by atoms with van der Waals surface area (Å²) in [6, 6.07) is 0.373. The van der Waals surface area contributed by atoms with Gasteiger partial charge in [0.1, 0.15) is 13.2 Å². The molecule has 0 radical (unpaired) electrons. The third-order valence-electron chi connectivity index (χ3n) is 3.07. The molecule has 0 aliphatic carbocycles. The Labute approximate surface area is 96.8 Å². The van der Waals surface area contributed by atoms with E-state index in [1.807, 2.05) is 0 Å². The molecule has 2 aliphatic rings. The van der Waals surface area contributed by atoms with Gasteiger partial charge < -0.3 is 9.47 Å². The summed E-state index contributed by atoms with van der Waals surface area (Å²) in [5.74, 6) is 2.20. The average Bonchev–Trinajstić information content (AvgIpc) is 2.96. The van der Waals surface area contributed by atoms with Crippen LogP contribution in [0.5, 0.6) is 0 Å². The highest BCUT2D eigenvalue weighted by Crippen LogP contribution is 2.18. The summed E-state index contributed by atoms with van der Waals surface area (Å²) >= 11 is 0. The Bertz CT molecular complexity index is 299. The van der Waals surface area contributed by atoms with Crippen LogP contribution in [-0.2, 0) is 9.47 Å². The van der Waals surface area contributed by atoms with Gasteiger partial charge in [-0.15, -0.1) is 0 Å². The van der Waals surface area contributed by atoms with Crippen molar-refractivity contribution in [3.8, 4) is 0 Å². The number of rotatable bonds is 5. The Kier molecular flexibility index (Phi) is 3.80. The van der Waals surface area contributed by atoms with Crippen LogP contribution in [0.1, 0.15) is 33.1 Å². The fourth-order valence-corrected chi connectivity index (χ4v) is 1.91. The quantitative estimate of drug-likeness (QED) is 0.717. The van der Waals surface area contributed by atoms with Crippen molar-refractivity contribution in [1.82, 2.24) is 0 Å². The molecule has 2 heterocycles. The number of hydrogen-bond acceptors (Lipinski definition) is 4. The fourth-order valence-electron chi connectivity index (χ4n) is 1.91. The van der Waals surface area contributed by atoms with Crippen molar-refractivity contribution in [2.75, 3.05) is 19.8 Å². The lowest BCUT2D eigenvalue weighted by Gasteiger charge is -2.10. The SMILES string of the molecule is CCC1COC(C(C)CCC2=NCCO2)=N1. The molecule has 0 aromatic carbocycles. The van der Waals surface area contributed by atoms with Crippen molar-refractivity contribution >= 4 is 11.8 Å². The molecular formula is C12H20N2O2. The Morgan fingerprint density at radius 2 is 2.31 bits per heavy atom. The van der Waals surface area contributed by atoms with Gasteiger partial charge >= 0.3 is 0 Å². The molecule has 2 unspecified atom stereocenters. The molecule has 0 saturated carbocycles. The van der Waals surface area contributed by atoms with Gasteiger partial charge in [-0.2, -0.15) is 0 Å². The van der Waals surface area contributed by atoms with Gasteiger partial charge in [0.05, 0.1) is 12.6 Å². The van der Waals surface area contributed by atoms with E-state index in [-0.39, 0.29) is 0 Å². The first-order chi connectivity index (χ1) is 7.79. The molecule has 16 heavy (non-hydrogen) atoms. The van der Waals surface area contributed by atoms with Crippen LogP contribution in [0.2, 0.25) is 0 Å². The van der Waals surface area contributed by atoms with Gasteiger partial charge in [-0.1, -0.05) is 13.8 Å². The van der Waals surface area contributed by atoms with Crippen LogP contribution in [0.15, 0.2) is 9.98 Å². The van der Waals surface area contributed by atoms with Gasteiger partial charge in [-0.25, -0.2) is 4.99 Å². The summed E-state index contributed by atoms with van der Waals surface area (Å²) in [5, 5.41) is 0. The molecule has 0 aromatic heterocycles. The van der Waals surface area contributed by atoms with E-state index in [9.17, 15) is 0 Å². The van der Waals surface area contributed by atoms with E-state index in [0.29, 0.717) is 12.0 Å². The summed E-state index contributed by atoms with van der Waals surface area (Å²) in [6.45, 7) is 6.63. The monoisotopic (exact) mass is 224 g/mol. The minimum atomic E-state index is 0.373. The van der Waals surface area contributed by atoms with Gasteiger partial charge in [0, 0.05) is 12.3 Å². The topological polar surface area (TPSA) is 43.2 Å². The maximum atomic E-state index is 5.60. The van der Waals surface area contributed by atoms with E-state index in [0.717, 1.165) is 50.8 Å². The Hall–Kier alpha value is -1.06. The molecule has 0 spiro atoms. The second-order valence-corrected chi connectivity index (χ2v) is 4.40. The zero-order valence-electron chi connectivity index (χ0n) is 10.1. The van der Waals surface area contributed by atoms with Crippen molar-refractivity contribution in [2.45, 2.75) is 39.2 Å². The Morgan fingerprint density at radius 1 is 1.44 bits per heavy atom. The zero-order chi connectivity index (χ0) is 11.4. The largest absolute Gasteiger partial charge is 0.479 e. The molecule has 2 atom stereocenters. The second kappa shape index (κ2) is 5.32. The molecule has 0 fully saturated rings. The predicted molar refractivity (Wildman–Crippen MR) is 64.1 cm³/mol. The van der Waals surface area contributed by atoms with E-state index in [2.05, 4.69) is 23.8 Å². The van der Waals surface area contributed by atoms with Crippen molar-refractivity contribution in [3.05, 3.63) is 0 Å². The third kappa shape index (κ3) is 2.74. The van der Waals surface area contributed by atoms with Gasteiger partial charge in [0.15, 0.2) is 11.8 Å². The summed E-state index contributed by atoms with van der Waals surface area (Å²) in [6.07, 6.45) is 2.97. The second-order valence-electron chi connectivity index (χ2n) is 4.40. The molecule has 0 aromatic rings. The molecular weight excluding hydrogens is 204 g/mol. The van der Waals surface area contributed by atoms with Crippen LogP contribution in [0.3, 0.4) is 0 Å². The lowest BCUT2D eigenvalue weighted by Crippen LogP contribution is -2.13. The zero-order valence-corrected chi connectivity index (χ0v) is 10.1. The molecule has 4 heteroatoms. The van der Waals surface area contributed by atoms with Crippen molar-refractivity contribution < 1.29 is 9.47 Å². The first-order valence-corrected chi connectivity index (χ1v) is 6.16. The lowest BCUT2D eigenvalue weighted by molar-refractivity contribution is 0.294. The molecule has 2 aliphatic heterocycles. The first-order valence-electron chi connectivity index (χ1n) is 6.16. The Balaban J connectivity index is 1.77. The molecule has 4 nitrogen and oxygen atoms in total. The van der Waals surface area contributed by atoms with E-state index < -0.39 is 0 Å². The number of ether oxygens (including phenoxy) is 2. The van der Waals surface area contributed by atoms with E-state index >= 15 is 0 Å². The van der Waals surface area contributed by atoms with Crippen molar-refractivity contribution in [3.63, 3.8) is 0 Å². The van der Waals surface area contributed by atoms with Crippen LogP contribution < -0.4 is 0 Å². The Morgan fingerprint density at radius 3 is 2.94 bits per heavy atom. The van der Waals surface area contributed by atoms with E-state index in [4.69, 9.17) is 9.47 Å². The van der Waals surface area contributed by atoms with Gasteiger partial charge in [-0.05, 0) is 12.8 Å². The lowest BCUT2D eigenvalue weighted by atomic mass is 10.1. The van der Waals surface area contributed by atoms with E-state index in [1.54, 1.807) is 0 Å². The molecule has 0 saturated heterocycles. The maximum absolute atomic E-state index is 5.60. The van der Waals surface area contributed by atoms with Gasteiger partial charge in [-0.3, -0.25) is 4.99 Å². The summed E-state index contributed by atoms with van der Waals surface area (Å²) in [4.78, 5) is 8.84. The standard InChI is InChI=1S/C12H20N2O2/c1-3-10-8-16-12(14-10)9(2)4-5-11-13-6-7-15-11/h9-10H,3-8H2,1-2H3. The number of nitrogens with zero attached hydrogens (tertiary/aromatic N) is 2. The highest BCUT2D eigenvalue weighted by Gasteiger charge is 2.22. The van der Waals surface area contributed by atoms with Crippen LogP contribution in [0.25, 0.3) is 0 Å². The summed E-state index contributed by atoms with van der Waals surface area (Å²) in [5.41, 5.74) is 0. The van der Waals surface area contributed by atoms with Crippen LogP contribution in [0, 0.1) is 5.92 Å². The summed E-state index contributed by atoms with van der Waals surface area (Å²) in [7, 11) is 0. The molecule has 90 valence electrons.